The predicted octanol–water partition coefficient (Wildman–Crippen LogP) is 1.40. The number of rotatable bonds is 2. The zero-order valence-electron chi connectivity index (χ0n) is 8.07. The van der Waals surface area contributed by atoms with E-state index in [1.807, 2.05) is 0 Å². The Morgan fingerprint density at radius 1 is 1.50 bits per heavy atom. The summed E-state index contributed by atoms with van der Waals surface area (Å²) in [5, 5.41) is 12.3. The normalized spacial score (nSPS) is 10.1. The maximum atomic E-state index is 11.6. The topological polar surface area (TPSA) is 96.7 Å². The fourth-order valence-electron chi connectivity index (χ4n) is 1.13. The molecule has 0 bridgehead atoms. The number of H-pyrrole nitrogens is 1. The molecule has 1 aromatic carbocycles. The summed E-state index contributed by atoms with van der Waals surface area (Å²) in [7, 11) is 0. The molecule has 0 radical (unpaired) electrons. The second kappa shape index (κ2) is 4.31. The fraction of sp³-hybridized carbons (Fsp3) is 0. The Labute approximate surface area is 99.4 Å². The Morgan fingerprint density at radius 2 is 2.31 bits per heavy atom. The van der Waals surface area contributed by atoms with Crippen LogP contribution in [0, 0.1) is 0 Å². The van der Waals surface area contributed by atoms with Crippen molar-refractivity contribution in [2.45, 2.75) is 0 Å². The van der Waals surface area contributed by atoms with E-state index in [0.29, 0.717) is 15.8 Å². The molecule has 0 aliphatic heterocycles. The van der Waals surface area contributed by atoms with E-state index in [1.54, 1.807) is 18.2 Å². The molecule has 0 atom stereocenters. The molecular formula is C9H8BrN5O. The van der Waals surface area contributed by atoms with Gasteiger partial charge in [-0.3, -0.25) is 4.79 Å². The van der Waals surface area contributed by atoms with Crippen LogP contribution >= 0.6 is 15.9 Å². The van der Waals surface area contributed by atoms with Crippen LogP contribution in [-0.2, 0) is 0 Å². The van der Waals surface area contributed by atoms with Gasteiger partial charge in [0, 0.05) is 10.2 Å². The molecule has 16 heavy (non-hydrogen) atoms. The van der Waals surface area contributed by atoms with Gasteiger partial charge in [-0.05, 0) is 34.1 Å². The molecule has 1 amide bonds. The van der Waals surface area contributed by atoms with E-state index >= 15 is 0 Å². The van der Waals surface area contributed by atoms with Crippen molar-refractivity contribution >= 4 is 33.2 Å². The van der Waals surface area contributed by atoms with E-state index in [4.69, 9.17) is 5.73 Å². The number of hydrogen-bond donors (Lipinski definition) is 3. The van der Waals surface area contributed by atoms with Crippen molar-refractivity contribution in [3.63, 3.8) is 0 Å². The summed E-state index contributed by atoms with van der Waals surface area (Å²) in [6, 6.07) is 5.11. The van der Waals surface area contributed by atoms with Crippen LogP contribution in [0.2, 0.25) is 0 Å². The van der Waals surface area contributed by atoms with Crippen molar-refractivity contribution in [2.75, 3.05) is 11.1 Å². The summed E-state index contributed by atoms with van der Waals surface area (Å²) in [5.41, 5.74) is 7.05. The van der Waals surface area contributed by atoms with Gasteiger partial charge in [-0.25, -0.2) is 0 Å². The first-order valence-electron chi connectivity index (χ1n) is 4.39. The number of halogens is 1. The lowest BCUT2D eigenvalue weighted by Gasteiger charge is -2.05. The zero-order chi connectivity index (χ0) is 11.5. The van der Waals surface area contributed by atoms with Gasteiger partial charge >= 0.3 is 0 Å². The van der Waals surface area contributed by atoms with Crippen LogP contribution in [0.3, 0.4) is 0 Å². The first-order chi connectivity index (χ1) is 7.66. The minimum Gasteiger partial charge on any atom is -0.399 e. The maximum Gasteiger partial charge on any atom is 0.277 e. The second-order valence-electron chi connectivity index (χ2n) is 3.05. The molecule has 0 saturated carbocycles. The highest BCUT2D eigenvalue weighted by Gasteiger charge is 2.10. The lowest BCUT2D eigenvalue weighted by atomic mass is 10.3. The molecule has 0 aliphatic carbocycles. The third-order valence-corrected chi connectivity index (χ3v) is 2.55. The number of nitrogen functional groups attached to an aromatic ring is 1. The van der Waals surface area contributed by atoms with E-state index in [0.717, 1.165) is 0 Å². The second-order valence-corrected chi connectivity index (χ2v) is 3.90. The highest BCUT2D eigenvalue weighted by Crippen LogP contribution is 2.24. The SMILES string of the molecule is Nc1ccc(NC(=O)c2cn[nH]n2)c(Br)c1. The molecule has 82 valence electrons. The first-order valence-corrected chi connectivity index (χ1v) is 5.18. The molecule has 2 rings (SSSR count). The summed E-state index contributed by atoms with van der Waals surface area (Å²) in [4.78, 5) is 11.6. The van der Waals surface area contributed by atoms with Gasteiger partial charge in [0.25, 0.3) is 5.91 Å². The fourth-order valence-corrected chi connectivity index (χ4v) is 1.63. The molecule has 0 spiro atoms. The van der Waals surface area contributed by atoms with E-state index in [2.05, 4.69) is 36.7 Å². The molecule has 1 aromatic heterocycles. The van der Waals surface area contributed by atoms with Gasteiger partial charge in [-0.1, -0.05) is 0 Å². The smallest absolute Gasteiger partial charge is 0.277 e. The van der Waals surface area contributed by atoms with Crippen molar-refractivity contribution in [2.24, 2.45) is 0 Å². The number of aromatic nitrogens is 3. The molecule has 6 nitrogen and oxygen atoms in total. The quantitative estimate of drug-likeness (QED) is 0.725. The van der Waals surface area contributed by atoms with Gasteiger partial charge in [0.1, 0.15) is 0 Å². The molecule has 0 saturated heterocycles. The van der Waals surface area contributed by atoms with E-state index in [-0.39, 0.29) is 11.6 Å². The number of nitrogens with zero attached hydrogens (tertiary/aromatic N) is 2. The van der Waals surface area contributed by atoms with Crippen LogP contribution in [0.15, 0.2) is 28.9 Å². The van der Waals surface area contributed by atoms with E-state index in [9.17, 15) is 4.79 Å². The van der Waals surface area contributed by atoms with Crippen molar-refractivity contribution < 1.29 is 4.79 Å². The Bertz CT molecular complexity index is 511. The van der Waals surface area contributed by atoms with Gasteiger partial charge in [0.05, 0.1) is 11.9 Å². The predicted molar refractivity (Wildman–Crippen MR) is 62.9 cm³/mol. The van der Waals surface area contributed by atoms with Crippen LogP contribution < -0.4 is 11.1 Å². The van der Waals surface area contributed by atoms with Crippen molar-refractivity contribution in [3.8, 4) is 0 Å². The Balaban J connectivity index is 2.18. The molecule has 0 unspecified atom stereocenters. The molecule has 0 fully saturated rings. The van der Waals surface area contributed by atoms with Crippen molar-refractivity contribution in [1.82, 2.24) is 15.4 Å². The third-order valence-electron chi connectivity index (χ3n) is 1.89. The Hall–Kier alpha value is -1.89. The van der Waals surface area contributed by atoms with Crippen LogP contribution in [-0.4, -0.2) is 21.3 Å². The van der Waals surface area contributed by atoms with Gasteiger partial charge in [0.2, 0.25) is 0 Å². The van der Waals surface area contributed by atoms with Crippen LogP contribution in [0.1, 0.15) is 10.5 Å². The van der Waals surface area contributed by atoms with Gasteiger partial charge in [-0.15, -0.1) is 0 Å². The number of nitrogens with one attached hydrogen (secondary N) is 2. The standard InChI is InChI=1S/C9H8BrN5O/c10-6-3-5(11)1-2-7(6)13-9(16)8-4-12-15-14-8/h1-4H,11H2,(H,13,16)(H,12,14,15). The lowest BCUT2D eigenvalue weighted by molar-refractivity contribution is 0.102. The van der Waals surface area contributed by atoms with Crippen LogP contribution in [0.5, 0.6) is 0 Å². The Morgan fingerprint density at radius 3 is 2.94 bits per heavy atom. The highest BCUT2D eigenvalue weighted by atomic mass is 79.9. The van der Waals surface area contributed by atoms with Crippen LogP contribution in [0.25, 0.3) is 0 Å². The molecule has 7 heteroatoms. The van der Waals surface area contributed by atoms with Crippen molar-refractivity contribution in [1.29, 1.82) is 0 Å². The molecule has 4 N–H and O–H groups in total. The zero-order valence-corrected chi connectivity index (χ0v) is 9.65. The van der Waals surface area contributed by atoms with Crippen LogP contribution in [0.4, 0.5) is 11.4 Å². The van der Waals surface area contributed by atoms with E-state index in [1.165, 1.54) is 6.20 Å². The lowest BCUT2D eigenvalue weighted by Crippen LogP contribution is -2.12. The largest absolute Gasteiger partial charge is 0.399 e. The minimum absolute atomic E-state index is 0.226. The molecule has 0 aliphatic rings. The van der Waals surface area contributed by atoms with Crippen molar-refractivity contribution in [3.05, 3.63) is 34.6 Å². The third kappa shape index (κ3) is 2.19. The summed E-state index contributed by atoms with van der Waals surface area (Å²) in [6.45, 7) is 0. The number of benzene rings is 1. The highest BCUT2D eigenvalue weighted by molar-refractivity contribution is 9.10. The average Bonchev–Trinajstić information content (AvgIpc) is 2.75. The molecule has 1 heterocycles. The number of amides is 1. The number of nitrogens with two attached hydrogens (primary N) is 1. The van der Waals surface area contributed by atoms with E-state index < -0.39 is 0 Å². The minimum atomic E-state index is -0.334. The summed E-state index contributed by atoms with van der Waals surface area (Å²) in [6.07, 6.45) is 1.35. The number of aromatic amines is 1. The molecule has 2 aromatic rings. The van der Waals surface area contributed by atoms with Gasteiger partial charge < -0.3 is 11.1 Å². The summed E-state index contributed by atoms with van der Waals surface area (Å²) in [5.74, 6) is -0.334. The first kappa shape index (κ1) is 10.6. The average molecular weight is 282 g/mol. The number of anilines is 2. The number of carbonyl (C=O) groups is 1. The van der Waals surface area contributed by atoms with Gasteiger partial charge in [-0.2, -0.15) is 15.4 Å². The summed E-state index contributed by atoms with van der Waals surface area (Å²) < 4.78 is 0.712. The van der Waals surface area contributed by atoms with Gasteiger partial charge in [0.15, 0.2) is 5.69 Å². The number of carbonyl (C=O) groups excluding carboxylic acids is 1. The molecular weight excluding hydrogens is 274 g/mol. The Kier molecular flexibility index (Phi) is 2.86. The maximum absolute atomic E-state index is 11.6. The summed E-state index contributed by atoms with van der Waals surface area (Å²) >= 11 is 3.30. The number of hydrogen-bond acceptors (Lipinski definition) is 4. The monoisotopic (exact) mass is 281 g/mol.